The molecular formula is C58H75ClN12O6. The van der Waals surface area contributed by atoms with Crippen molar-refractivity contribution in [3.05, 3.63) is 129 Å². The maximum Gasteiger partial charge on any atom is 0.204 e. The third kappa shape index (κ3) is 19.6. The number of pyridine rings is 2. The van der Waals surface area contributed by atoms with E-state index in [0.29, 0.717) is 62.1 Å². The second kappa shape index (κ2) is 26.6. The highest BCUT2D eigenvalue weighted by molar-refractivity contribution is 6.30. The lowest BCUT2D eigenvalue weighted by molar-refractivity contribution is 0.0852. The number of aromatic nitrogens is 6. The number of benzene rings is 3. The van der Waals surface area contributed by atoms with Crippen LogP contribution in [0.4, 0.5) is 23.0 Å². The fourth-order valence-electron chi connectivity index (χ4n) is 6.47. The molecule has 0 bridgehead atoms. The fraction of sp³-hybridized carbons (Fsp3) is 0.397. The van der Waals surface area contributed by atoms with Crippen molar-refractivity contribution in [1.82, 2.24) is 30.6 Å². The summed E-state index contributed by atoms with van der Waals surface area (Å²) in [6.07, 6.45) is 1.54. The molecule has 0 unspecified atom stereocenters. The predicted molar refractivity (Wildman–Crippen MR) is 304 cm³/mol. The second-order valence-corrected chi connectivity index (χ2v) is 23.5. The van der Waals surface area contributed by atoms with Gasteiger partial charge in [0.2, 0.25) is 5.82 Å². The number of carbonyl (C=O) groups is 5. The second-order valence-electron chi connectivity index (χ2n) is 23.1. The zero-order valence-corrected chi connectivity index (χ0v) is 48.5. The Morgan fingerprint density at radius 1 is 0.610 bits per heavy atom. The molecule has 3 heterocycles. The van der Waals surface area contributed by atoms with Gasteiger partial charge in [-0.3, -0.25) is 24.0 Å². The number of tetrazole rings is 1. The molecule has 6 aromatic rings. The van der Waals surface area contributed by atoms with Gasteiger partial charge in [-0.2, -0.15) is 10.5 Å². The van der Waals surface area contributed by atoms with Crippen LogP contribution < -0.4 is 21.9 Å². The van der Waals surface area contributed by atoms with Gasteiger partial charge in [0.25, 0.3) is 0 Å². The molecule has 0 amide bonds. The minimum absolute atomic E-state index is 0.0130. The van der Waals surface area contributed by atoms with E-state index in [-0.39, 0.29) is 50.7 Å². The summed E-state index contributed by atoms with van der Waals surface area (Å²) in [7, 11) is 1.54. The molecule has 0 aliphatic rings. The molecule has 19 heteroatoms. The summed E-state index contributed by atoms with van der Waals surface area (Å²) < 4.78 is 5.07. The van der Waals surface area contributed by atoms with E-state index in [0.717, 1.165) is 16.7 Å². The molecule has 77 heavy (non-hydrogen) atoms. The smallest absolute Gasteiger partial charge is 0.204 e. The molecule has 6 rings (SSSR count). The van der Waals surface area contributed by atoms with Crippen LogP contribution in [0.2, 0.25) is 5.15 Å². The number of nitrogens with two attached hydrogens (primary N) is 3. The maximum atomic E-state index is 12.2. The van der Waals surface area contributed by atoms with Gasteiger partial charge in [0.05, 0.1) is 18.4 Å². The summed E-state index contributed by atoms with van der Waals surface area (Å²) in [6.45, 7) is 31.8. The van der Waals surface area contributed by atoms with Crippen LogP contribution in [0, 0.1) is 57.8 Å². The van der Waals surface area contributed by atoms with E-state index < -0.39 is 16.2 Å². The van der Waals surface area contributed by atoms with Gasteiger partial charge in [-0.15, -0.1) is 15.3 Å². The topological polar surface area (TPSA) is 313 Å². The van der Waals surface area contributed by atoms with Crippen LogP contribution in [-0.2, 0) is 0 Å². The first kappa shape index (κ1) is 65.1. The summed E-state index contributed by atoms with van der Waals surface area (Å²) >= 11 is 5.72. The Bertz CT molecular complexity index is 3130. The average Bonchev–Trinajstić information content (AvgIpc) is 3.88. The number of ether oxygens (including phenoxy) is 1. The van der Waals surface area contributed by atoms with Crippen LogP contribution in [0.25, 0.3) is 11.4 Å². The van der Waals surface area contributed by atoms with Gasteiger partial charge in [-0.25, -0.2) is 15.5 Å². The quantitative estimate of drug-likeness (QED) is 0.0409. The van der Waals surface area contributed by atoms with Crippen molar-refractivity contribution in [3.8, 4) is 23.2 Å². The number of hydrogen-bond acceptors (Lipinski definition) is 17. The molecule has 8 N–H and O–H groups in total. The largest absolute Gasteiger partial charge is 0.495 e. The number of aryl methyl sites for hydroxylation is 2. The normalized spacial score (nSPS) is 11.2. The molecule has 0 fully saturated rings. The molecule has 0 spiro atoms. The summed E-state index contributed by atoms with van der Waals surface area (Å²) in [5.41, 5.74) is 28.5. The van der Waals surface area contributed by atoms with Gasteiger partial charge in [0, 0.05) is 72.3 Å². The molecule has 3 aromatic carbocycles. The number of anilines is 3. The van der Waals surface area contributed by atoms with Gasteiger partial charge in [0.15, 0.2) is 34.7 Å². The highest BCUT2D eigenvalue weighted by atomic mass is 35.5. The van der Waals surface area contributed by atoms with E-state index in [4.69, 9.17) is 44.3 Å². The van der Waals surface area contributed by atoms with Crippen LogP contribution in [0.3, 0.4) is 0 Å². The lowest BCUT2D eigenvalue weighted by atomic mass is 9.85. The molecule has 18 nitrogen and oxygen atoms in total. The van der Waals surface area contributed by atoms with Crippen molar-refractivity contribution < 1.29 is 28.7 Å². The number of carbonyl (C=O) groups excluding carboxylic acids is 5. The zero-order chi connectivity index (χ0) is 59.2. The SMILES string of the molecule is CC(C)(C)C(=O)c1cc(Cl)nc(N=N)c1.CC(C)(C)C(=O)c1ccc(N)c(C#N)c1.COc1cc(C(=O)C(C)(C)C)ccc1N.Cc1cc(C(=O)C(C)(C)C)cnc1N.Cc1ccc(C(=O)C(C)(C)C)cc1-c1nn[nH]n1. The van der Waals surface area contributed by atoms with Crippen molar-refractivity contribution in [3.63, 3.8) is 0 Å². The van der Waals surface area contributed by atoms with Gasteiger partial charge in [-0.05, 0) is 90.9 Å². The van der Waals surface area contributed by atoms with Gasteiger partial charge >= 0.3 is 0 Å². The molecule has 0 saturated carbocycles. The molecule has 0 atom stereocenters. The van der Waals surface area contributed by atoms with E-state index in [1.807, 2.05) is 142 Å². The predicted octanol–water partition coefficient (Wildman–Crippen LogP) is 13.1. The highest BCUT2D eigenvalue weighted by Crippen LogP contribution is 2.30. The molecule has 410 valence electrons. The van der Waals surface area contributed by atoms with Gasteiger partial charge in [0.1, 0.15) is 22.8 Å². The van der Waals surface area contributed by atoms with Crippen LogP contribution in [0.1, 0.15) is 172 Å². The van der Waals surface area contributed by atoms with E-state index in [1.54, 1.807) is 42.5 Å². The minimum atomic E-state index is -0.482. The van der Waals surface area contributed by atoms with Gasteiger partial charge < -0.3 is 21.9 Å². The van der Waals surface area contributed by atoms with Crippen LogP contribution >= 0.6 is 11.6 Å². The van der Waals surface area contributed by atoms with Crippen molar-refractivity contribution in [2.75, 3.05) is 24.3 Å². The van der Waals surface area contributed by atoms with Crippen molar-refractivity contribution in [2.45, 2.75) is 118 Å². The first-order valence-electron chi connectivity index (χ1n) is 24.4. The Balaban J connectivity index is 0.000000330. The van der Waals surface area contributed by atoms with E-state index in [9.17, 15) is 24.0 Å². The lowest BCUT2D eigenvalue weighted by Gasteiger charge is -2.17. The Labute approximate surface area is 457 Å². The average molecular weight is 1070 g/mol. The van der Waals surface area contributed by atoms with Gasteiger partial charge in [-0.1, -0.05) is 128 Å². The number of methoxy groups -OCH3 is 1. The van der Waals surface area contributed by atoms with Crippen molar-refractivity contribution in [1.29, 1.82) is 10.8 Å². The summed E-state index contributed by atoms with van der Waals surface area (Å²) in [4.78, 5) is 67.6. The Morgan fingerprint density at radius 2 is 1.06 bits per heavy atom. The number of nitriles is 1. The molecule has 0 saturated heterocycles. The van der Waals surface area contributed by atoms with Crippen LogP contribution in [0.5, 0.6) is 5.75 Å². The summed E-state index contributed by atoms with van der Waals surface area (Å²) in [6, 6.07) is 22.2. The first-order chi connectivity index (χ1) is 35.3. The highest BCUT2D eigenvalue weighted by Gasteiger charge is 2.27. The summed E-state index contributed by atoms with van der Waals surface area (Å²) in [5, 5.41) is 26.0. The number of nitrogen functional groups attached to an aromatic ring is 3. The summed E-state index contributed by atoms with van der Waals surface area (Å²) in [5.74, 6) is 1.93. The number of nitrogens with one attached hydrogen (secondary N) is 2. The van der Waals surface area contributed by atoms with Crippen LogP contribution in [-0.4, -0.2) is 66.6 Å². The number of rotatable bonds is 8. The number of H-pyrrole nitrogens is 1. The molecule has 3 aromatic heterocycles. The Morgan fingerprint density at radius 3 is 1.51 bits per heavy atom. The van der Waals surface area contributed by atoms with Crippen molar-refractivity contribution in [2.24, 2.45) is 32.2 Å². The number of Topliss-reactive ketones (excluding diaryl/α,β-unsaturated/α-hetero) is 5. The standard InChI is InChI=1S/C13H16N4O.C12H14N2O.C12H17NO2.C11H16N2O.C10H12ClN3O/c1-8-5-6-9(11(18)13(2,3)4)7-10(8)12-14-16-17-15-12;1-12(2,3)11(15)8-4-5-10(14)9(6-8)7-13;1-12(2,3)11(14)8-5-6-9(13)10(7-8)15-4;1-7-5-8(6-13-10(7)12)9(14)11(2,3)4;1-10(2,3)9(15)6-4-7(11)13-8(5-6)14-12/h5-7H,1-4H3,(H,14,15,16,17);4-6H,14H2,1-3H3;5-7H,13H2,1-4H3;5-6H,1-4H3,(H2,12,13);4-5,12H,1-3H3. The van der Waals surface area contributed by atoms with Crippen molar-refractivity contribution >= 4 is 63.5 Å². The Hall–Kier alpha value is -8.04. The number of halogens is 1. The molecular weight excluding hydrogens is 996 g/mol. The third-order valence-corrected chi connectivity index (χ3v) is 11.2. The number of hydrogen-bond donors (Lipinski definition) is 5. The monoisotopic (exact) mass is 1070 g/mol. The lowest BCUT2D eigenvalue weighted by Crippen LogP contribution is -2.20. The third-order valence-electron chi connectivity index (χ3n) is 11.0. The Kier molecular flexibility index (Phi) is 22.5. The van der Waals surface area contributed by atoms with E-state index in [1.165, 1.54) is 25.4 Å². The maximum absolute atomic E-state index is 12.2. The number of aromatic amines is 1. The first-order valence-corrected chi connectivity index (χ1v) is 24.7. The number of nitrogens with zero attached hydrogens (tertiary/aromatic N) is 7. The molecule has 0 aliphatic carbocycles. The molecule has 0 radical (unpaired) electrons. The zero-order valence-electron chi connectivity index (χ0n) is 47.7. The van der Waals surface area contributed by atoms with Crippen LogP contribution in [0.15, 0.2) is 84.1 Å². The number of ketones is 5. The minimum Gasteiger partial charge on any atom is -0.495 e. The fourth-order valence-corrected chi connectivity index (χ4v) is 6.68. The van der Waals surface area contributed by atoms with E-state index >= 15 is 0 Å². The van der Waals surface area contributed by atoms with E-state index in [2.05, 4.69) is 35.7 Å². The molecule has 0 aliphatic heterocycles.